The van der Waals surface area contributed by atoms with Crippen LogP contribution in [0.2, 0.25) is 5.02 Å². The summed E-state index contributed by atoms with van der Waals surface area (Å²) in [7, 11) is 2.16. The molecule has 1 aliphatic carbocycles. The Balaban J connectivity index is 1.65. The number of benzene rings is 1. The lowest BCUT2D eigenvalue weighted by molar-refractivity contribution is 0.0945. The summed E-state index contributed by atoms with van der Waals surface area (Å²) < 4.78 is 0. The summed E-state index contributed by atoms with van der Waals surface area (Å²) in [5.41, 5.74) is 5.19. The lowest BCUT2D eigenvalue weighted by atomic mass is 9.73. The van der Waals surface area contributed by atoms with E-state index in [9.17, 15) is 4.79 Å². The fourth-order valence-electron chi connectivity index (χ4n) is 4.60. The van der Waals surface area contributed by atoms with Crippen LogP contribution in [0.25, 0.3) is 22.2 Å². The molecular formula is C21H20ClN3O. The van der Waals surface area contributed by atoms with Crippen molar-refractivity contribution in [2.75, 3.05) is 20.1 Å². The molecule has 1 fully saturated rings. The van der Waals surface area contributed by atoms with E-state index >= 15 is 0 Å². The third-order valence-electron chi connectivity index (χ3n) is 6.14. The van der Waals surface area contributed by atoms with E-state index in [2.05, 4.69) is 28.0 Å². The second-order valence-electron chi connectivity index (χ2n) is 7.70. The number of hydrogen-bond donors (Lipinski definition) is 1. The van der Waals surface area contributed by atoms with Gasteiger partial charge in [-0.25, -0.2) is 4.98 Å². The number of Topliss-reactive ketones (excluding diaryl/α,β-unsaturated/α-hetero) is 1. The minimum absolute atomic E-state index is 0.0109. The highest BCUT2D eigenvalue weighted by atomic mass is 35.5. The molecule has 0 unspecified atom stereocenters. The van der Waals surface area contributed by atoms with Crippen molar-refractivity contribution in [3.05, 3.63) is 52.8 Å². The Morgan fingerprint density at radius 3 is 2.81 bits per heavy atom. The van der Waals surface area contributed by atoms with E-state index in [0.717, 1.165) is 53.7 Å². The van der Waals surface area contributed by atoms with Crippen LogP contribution in [0.3, 0.4) is 0 Å². The number of pyridine rings is 1. The number of H-pyrrole nitrogens is 1. The zero-order valence-electron chi connectivity index (χ0n) is 14.7. The van der Waals surface area contributed by atoms with Crippen LogP contribution in [0, 0.1) is 0 Å². The Morgan fingerprint density at radius 1 is 1.19 bits per heavy atom. The molecule has 0 amide bonds. The number of fused-ring (bicyclic) bond motifs is 3. The normalized spacial score (nSPS) is 19.4. The summed E-state index contributed by atoms with van der Waals surface area (Å²) in [5.74, 6) is 0.291. The Morgan fingerprint density at radius 2 is 2.00 bits per heavy atom. The molecule has 26 heavy (non-hydrogen) atoms. The van der Waals surface area contributed by atoms with Crippen LogP contribution in [-0.4, -0.2) is 40.8 Å². The zero-order valence-corrected chi connectivity index (χ0v) is 15.4. The summed E-state index contributed by atoms with van der Waals surface area (Å²) in [5, 5.41) is 1.64. The lowest BCUT2D eigenvalue weighted by Gasteiger charge is -2.38. The van der Waals surface area contributed by atoms with Gasteiger partial charge in [-0.2, -0.15) is 0 Å². The first-order valence-corrected chi connectivity index (χ1v) is 9.43. The zero-order chi connectivity index (χ0) is 17.9. The third kappa shape index (κ3) is 2.32. The first kappa shape index (κ1) is 16.0. The summed E-state index contributed by atoms with van der Waals surface area (Å²) in [4.78, 5) is 22.6. The number of carbonyl (C=O) groups is 1. The van der Waals surface area contributed by atoms with Crippen molar-refractivity contribution < 1.29 is 4.79 Å². The molecule has 2 aliphatic rings. The van der Waals surface area contributed by atoms with Crippen molar-refractivity contribution in [1.29, 1.82) is 0 Å². The van der Waals surface area contributed by atoms with Gasteiger partial charge in [-0.15, -0.1) is 0 Å². The third-order valence-corrected chi connectivity index (χ3v) is 6.35. The van der Waals surface area contributed by atoms with Gasteiger partial charge < -0.3 is 9.88 Å². The number of nitrogens with one attached hydrogen (secondary N) is 1. The Hall–Kier alpha value is -2.17. The minimum atomic E-state index is 0.0109. The summed E-state index contributed by atoms with van der Waals surface area (Å²) in [6, 6.07) is 8.24. The van der Waals surface area contributed by atoms with Crippen LogP contribution < -0.4 is 0 Å². The largest absolute Gasteiger partial charge is 0.346 e. The van der Waals surface area contributed by atoms with E-state index in [1.54, 1.807) is 6.20 Å². The maximum Gasteiger partial charge on any atom is 0.164 e. The van der Waals surface area contributed by atoms with Gasteiger partial charge in [0.25, 0.3) is 0 Å². The van der Waals surface area contributed by atoms with Gasteiger partial charge in [-0.1, -0.05) is 23.7 Å². The van der Waals surface area contributed by atoms with Crippen molar-refractivity contribution in [3.63, 3.8) is 0 Å². The molecule has 1 saturated heterocycles. The van der Waals surface area contributed by atoms with Crippen LogP contribution in [0.15, 0.2) is 36.7 Å². The van der Waals surface area contributed by atoms with Crippen molar-refractivity contribution in [1.82, 2.24) is 14.9 Å². The smallest absolute Gasteiger partial charge is 0.164 e. The van der Waals surface area contributed by atoms with E-state index in [1.807, 2.05) is 24.4 Å². The van der Waals surface area contributed by atoms with E-state index in [1.165, 1.54) is 5.56 Å². The van der Waals surface area contributed by atoms with Crippen LogP contribution >= 0.6 is 11.6 Å². The predicted molar refractivity (Wildman–Crippen MR) is 104 cm³/mol. The van der Waals surface area contributed by atoms with Gasteiger partial charge in [0.05, 0.1) is 5.02 Å². The monoisotopic (exact) mass is 365 g/mol. The maximum absolute atomic E-state index is 12.6. The highest BCUT2D eigenvalue weighted by Gasteiger charge is 2.44. The molecule has 5 heteroatoms. The van der Waals surface area contributed by atoms with Gasteiger partial charge >= 0.3 is 0 Å². The number of rotatable bonds is 1. The minimum Gasteiger partial charge on any atom is -0.346 e. The highest BCUT2D eigenvalue weighted by molar-refractivity contribution is 6.31. The topological polar surface area (TPSA) is 49.0 Å². The first-order valence-electron chi connectivity index (χ1n) is 9.05. The van der Waals surface area contributed by atoms with Crippen molar-refractivity contribution >= 4 is 28.4 Å². The maximum atomic E-state index is 12.6. The van der Waals surface area contributed by atoms with Crippen LogP contribution in [-0.2, 0) is 5.41 Å². The highest BCUT2D eigenvalue weighted by Crippen LogP contribution is 2.47. The molecule has 0 radical (unpaired) electrons. The van der Waals surface area contributed by atoms with Gasteiger partial charge in [0.15, 0.2) is 5.78 Å². The number of aromatic nitrogens is 2. The molecule has 0 atom stereocenters. The second-order valence-corrected chi connectivity index (χ2v) is 8.13. The summed E-state index contributed by atoms with van der Waals surface area (Å²) in [6.07, 6.45) is 6.38. The van der Waals surface area contributed by atoms with Crippen LogP contribution in [0.5, 0.6) is 0 Å². The Kier molecular flexibility index (Phi) is 3.49. The second kappa shape index (κ2) is 5.66. The Bertz CT molecular complexity index is 1030. The molecule has 4 nitrogen and oxygen atoms in total. The average Bonchev–Trinajstić information content (AvgIpc) is 3.17. The molecule has 5 rings (SSSR count). The van der Waals surface area contributed by atoms with Crippen molar-refractivity contribution in [2.24, 2.45) is 0 Å². The lowest BCUT2D eigenvalue weighted by Crippen LogP contribution is -2.39. The SMILES string of the molecule is CN1CCC2(CC1)CC(=O)c1ccc(-c3c[nH]c4ncc(Cl)cc34)cc12. The van der Waals surface area contributed by atoms with Gasteiger partial charge in [0, 0.05) is 40.7 Å². The molecule has 0 saturated carbocycles. The quantitative estimate of drug-likeness (QED) is 0.693. The molecule has 132 valence electrons. The standard InChI is InChI=1S/C21H20ClN3O/c1-25-6-4-21(5-7-25)10-19(26)15-3-2-13(8-18(15)21)17-12-24-20-16(17)9-14(22)11-23-20/h2-3,8-9,11-12H,4-7,10H2,1H3,(H,23,24). The molecule has 1 N–H and O–H groups in total. The predicted octanol–water partition coefficient (Wildman–Crippen LogP) is 4.43. The number of piperidine rings is 1. The molecule has 1 aromatic carbocycles. The van der Waals surface area contributed by atoms with Crippen molar-refractivity contribution in [2.45, 2.75) is 24.7 Å². The molecular weight excluding hydrogens is 346 g/mol. The van der Waals surface area contributed by atoms with E-state index in [-0.39, 0.29) is 5.41 Å². The number of halogens is 1. The fraction of sp³-hybridized carbons (Fsp3) is 0.333. The molecule has 2 aromatic heterocycles. The van der Waals surface area contributed by atoms with Gasteiger partial charge in [-0.3, -0.25) is 4.79 Å². The van der Waals surface area contributed by atoms with Crippen molar-refractivity contribution in [3.8, 4) is 11.1 Å². The van der Waals surface area contributed by atoms with Crippen LogP contribution in [0.4, 0.5) is 0 Å². The number of ketones is 1. The number of aromatic amines is 1. The van der Waals surface area contributed by atoms with E-state index in [0.29, 0.717) is 17.2 Å². The van der Waals surface area contributed by atoms with Gasteiger partial charge in [0.2, 0.25) is 0 Å². The fourth-order valence-corrected chi connectivity index (χ4v) is 4.76. The number of nitrogens with zero attached hydrogens (tertiary/aromatic N) is 2. The Labute approximate surface area is 157 Å². The number of likely N-dealkylation sites (tertiary alicyclic amines) is 1. The van der Waals surface area contributed by atoms with Crippen LogP contribution in [0.1, 0.15) is 35.2 Å². The van der Waals surface area contributed by atoms with E-state index < -0.39 is 0 Å². The molecule has 3 aromatic rings. The van der Waals surface area contributed by atoms with E-state index in [4.69, 9.17) is 11.6 Å². The summed E-state index contributed by atoms with van der Waals surface area (Å²) >= 11 is 6.15. The average molecular weight is 366 g/mol. The van der Waals surface area contributed by atoms with Gasteiger partial charge in [-0.05, 0) is 56.2 Å². The molecule has 3 heterocycles. The molecule has 1 aliphatic heterocycles. The molecule has 1 spiro atoms. The first-order chi connectivity index (χ1) is 12.6. The summed E-state index contributed by atoms with van der Waals surface area (Å²) in [6.45, 7) is 2.09. The van der Waals surface area contributed by atoms with Gasteiger partial charge in [0.1, 0.15) is 5.65 Å². The number of carbonyl (C=O) groups excluding carboxylic acids is 1. The molecule has 0 bridgehead atoms. The number of hydrogen-bond acceptors (Lipinski definition) is 3.